The molecule has 0 atom stereocenters. The van der Waals surface area contributed by atoms with E-state index in [1.165, 1.54) is 0 Å². The van der Waals surface area contributed by atoms with Gasteiger partial charge in [0.25, 0.3) is 0 Å². The maximum absolute atomic E-state index is 6.40. The van der Waals surface area contributed by atoms with Crippen LogP contribution in [0.1, 0.15) is 0 Å². The molecule has 0 fully saturated rings. The van der Waals surface area contributed by atoms with E-state index < -0.39 is 0 Å². The molecule has 7 heteroatoms. The number of halogens is 1. The quantitative estimate of drug-likeness (QED) is 0.195. The van der Waals surface area contributed by atoms with Gasteiger partial charge in [-0.2, -0.15) is 0 Å². The first-order valence-electron chi connectivity index (χ1n) is 13.4. The summed E-state index contributed by atoms with van der Waals surface area (Å²) in [5, 5.41) is 2.33. The maximum atomic E-state index is 6.40. The highest BCUT2D eigenvalue weighted by Gasteiger charge is 2.16. The first kappa shape index (κ1) is 24.7. The van der Waals surface area contributed by atoms with Gasteiger partial charge in [-0.05, 0) is 41.4 Å². The summed E-state index contributed by atoms with van der Waals surface area (Å²) >= 11 is 8.08. The number of fused-ring (bicyclic) bond motifs is 4. The summed E-state index contributed by atoms with van der Waals surface area (Å²) < 4.78 is 2.18. The summed E-state index contributed by atoms with van der Waals surface area (Å²) in [5.41, 5.74) is 8.54. The third-order valence-corrected chi connectivity index (χ3v) is 8.68. The highest BCUT2D eigenvalue weighted by atomic mass is 35.5. The molecule has 0 aliphatic rings. The molecule has 0 radical (unpaired) electrons. The van der Waals surface area contributed by atoms with E-state index in [4.69, 9.17) is 21.6 Å². The summed E-state index contributed by atoms with van der Waals surface area (Å²) in [6.07, 6.45) is 3.66. The molecule has 0 saturated carbocycles. The number of pyridine rings is 1. The molecule has 42 heavy (non-hydrogen) atoms. The van der Waals surface area contributed by atoms with Crippen molar-refractivity contribution in [3.8, 4) is 45.0 Å². The molecule has 5 nitrogen and oxygen atoms in total. The van der Waals surface area contributed by atoms with E-state index in [0.717, 1.165) is 70.4 Å². The van der Waals surface area contributed by atoms with Gasteiger partial charge < -0.3 is 0 Å². The molecular formula is C35H20ClN5S. The van der Waals surface area contributed by atoms with Gasteiger partial charge in [-0.15, -0.1) is 11.3 Å². The van der Waals surface area contributed by atoms with Crippen molar-refractivity contribution in [2.75, 3.05) is 0 Å². The van der Waals surface area contributed by atoms with Crippen LogP contribution in [-0.2, 0) is 0 Å². The minimum absolute atomic E-state index is 0.237. The zero-order valence-electron chi connectivity index (χ0n) is 22.1. The predicted molar refractivity (Wildman–Crippen MR) is 173 cm³/mol. The van der Waals surface area contributed by atoms with E-state index in [1.807, 2.05) is 54.7 Å². The van der Waals surface area contributed by atoms with Crippen LogP contribution < -0.4 is 0 Å². The van der Waals surface area contributed by atoms with Crippen molar-refractivity contribution in [3.05, 3.63) is 127 Å². The molecule has 0 amide bonds. The summed E-state index contributed by atoms with van der Waals surface area (Å²) in [7, 11) is 0. The molecule has 0 N–H and O–H groups in total. The number of aromatic nitrogens is 5. The molecular weight excluding hydrogens is 558 g/mol. The molecule has 0 aliphatic carbocycles. The molecule has 8 rings (SSSR count). The lowest BCUT2D eigenvalue weighted by molar-refractivity contribution is 1.22. The van der Waals surface area contributed by atoms with E-state index in [2.05, 4.69) is 75.6 Å². The fraction of sp³-hybridized carbons (Fsp3) is 0. The van der Waals surface area contributed by atoms with Gasteiger partial charge in [-0.1, -0.05) is 84.9 Å². The molecule has 198 valence electrons. The highest BCUT2D eigenvalue weighted by Crippen LogP contribution is 2.39. The van der Waals surface area contributed by atoms with Gasteiger partial charge in [-0.3, -0.25) is 4.98 Å². The summed E-state index contributed by atoms with van der Waals surface area (Å²) in [4.78, 5) is 23.5. The average molecular weight is 578 g/mol. The Balaban J connectivity index is 1.24. The highest BCUT2D eigenvalue weighted by molar-refractivity contribution is 7.26. The van der Waals surface area contributed by atoms with Crippen LogP contribution in [0.15, 0.2) is 122 Å². The Hall–Kier alpha value is -5.04. The van der Waals surface area contributed by atoms with Crippen LogP contribution in [-0.4, -0.2) is 24.9 Å². The SMILES string of the molecule is Clc1nc(-c2ccc(-c3nc(-c4cccc(-c5cccnc5)c4)c4ccccc4n3)cc2)c2sc3ccccc3c2n1. The number of nitrogens with zero attached hydrogens (tertiary/aromatic N) is 5. The van der Waals surface area contributed by atoms with Crippen LogP contribution in [0.4, 0.5) is 0 Å². The Labute approximate surface area is 250 Å². The van der Waals surface area contributed by atoms with E-state index in [1.54, 1.807) is 17.5 Å². The second kappa shape index (κ2) is 10.1. The fourth-order valence-electron chi connectivity index (χ4n) is 5.34. The van der Waals surface area contributed by atoms with Gasteiger partial charge >= 0.3 is 0 Å². The van der Waals surface area contributed by atoms with Gasteiger partial charge in [0.1, 0.15) is 0 Å². The third kappa shape index (κ3) is 4.29. The van der Waals surface area contributed by atoms with Crippen LogP contribution in [0.2, 0.25) is 5.28 Å². The molecule has 0 bridgehead atoms. The largest absolute Gasteiger partial charge is 0.264 e. The number of thiophene rings is 1. The first-order chi connectivity index (χ1) is 20.7. The van der Waals surface area contributed by atoms with Crippen molar-refractivity contribution in [1.29, 1.82) is 0 Å². The van der Waals surface area contributed by atoms with Gasteiger partial charge in [0, 0.05) is 50.1 Å². The smallest absolute Gasteiger partial charge is 0.223 e. The zero-order valence-corrected chi connectivity index (χ0v) is 23.6. The summed E-state index contributed by atoms with van der Waals surface area (Å²) in [6, 6.07) is 37.0. The molecule has 0 spiro atoms. The predicted octanol–water partition coefficient (Wildman–Crippen LogP) is 9.50. The van der Waals surface area contributed by atoms with Crippen molar-refractivity contribution < 1.29 is 0 Å². The fourth-order valence-corrected chi connectivity index (χ4v) is 6.66. The van der Waals surface area contributed by atoms with E-state index in [0.29, 0.717) is 5.82 Å². The number of para-hydroxylation sites is 1. The minimum Gasteiger partial charge on any atom is -0.264 e. The maximum Gasteiger partial charge on any atom is 0.223 e. The molecule has 8 aromatic rings. The molecule has 4 aromatic carbocycles. The van der Waals surface area contributed by atoms with E-state index in [-0.39, 0.29) is 5.28 Å². The minimum atomic E-state index is 0.237. The van der Waals surface area contributed by atoms with E-state index in [9.17, 15) is 0 Å². The Morgan fingerprint density at radius 2 is 1.31 bits per heavy atom. The van der Waals surface area contributed by atoms with Crippen LogP contribution in [0.3, 0.4) is 0 Å². The lowest BCUT2D eigenvalue weighted by atomic mass is 10.0. The monoisotopic (exact) mass is 577 g/mol. The van der Waals surface area contributed by atoms with E-state index >= 15 is 0 Å². The summed E-state index contributed by atoms with van der Waals surface area (Å²) in [6.45, 7) is 0. The lowest BCUT2D eigenvalue weighted by Gasteiger charge is -2.11. The number of hydrogen-bond donors (Lipinski definition) is 0. The first-order valence-corrected chi connectivity index (χ1v) is 14.6. The zero-order chi connectivity index (χ0) is 28.0. The van der Waals surface area contributed by atoms with Crippen LogP contribution >= 0.6 is 22.9 Å². The van der Waals surface area contributed by atoms with Gasteiger partial charge in [-0.25, -0.2) is 19.9 Å². The van der Waals surface area contributed by atoms with Crippen LogP contribution in [0.25, 0.3) is 76.2 Å². The number of benzene rings is 4. The van der Waals surface area contributed by atoms with Crippen molar-refractivity contribution in [1.82, 2.24) is 24.9 Å². The van der Waals surface area contributed by atoms with Crippen molar-refractivity contribution in [3.63, 3.8) is 0 Å². The standard InChI is InChI=1S/C35H20ClN5S/c36-35-40-31(33-32(41-35)27-11-2-4-13-29(27)42-33)21-14-16-22(17-15-21)34-38-28-12-3-1-10-26(28)30(39-34)24-8-5-7-23(19-24)25-9-6-18-37-20-25/h1-20H. The van der Waals surface area contributed by atoms with Crippen molar-refractivity contribution in [2.24, 2.45) is 0 Å². The topological polar surface area (TPSA) is 64.5 Å². The van der Waals surface area contributed by atoms with Gasteiger partial charge in [0.2, 0.25) is 5.28 Å². The van der Waals surface area contributed by atoms with Gasteiger partial charge in [0.15, 0.2) is 5.82 Å². The Morgan fingerprint density at radius 1 is 0.548 bits per heavy atom. The van der Waals surface area contributed by atoms with Crippen molar-refractivity contribution >= 4 is 54.1 Å². The molecule has 0 saturated heterocycles. The second-order valence-corrected chi connectivity index (χ2v) is 11.3. The second-order valence-electron chi connectivity index (χ2n) is 9.93. The normalized spacial score (nSPS) is 11.5. The van der Waals surface area contributed by atoms with Gasteiger partial charge in [0.05, 0.1) is 27.1 Å². The number of rotatable bonds is 4. The molecule has 0 unspecified atom stereocenters. The molecule has 4 aromatic heterocycles. The Bertz CT molecular complexity index is 2260. The molecule has 0 aliphatic heterocycles. The third-order valence-electron chi connectivity index (χ3n) is 7.34. The van der Waals surface area contributed by atoms with Crippen molar-refractivity contribution in [2.45, 2.75) is 0 Å². The number of hydrogen-bond acceptors (Lipinski definition) is 6. The Morgan fingerprint density at radius 3 is 2.17 bits per heavy atom. The van der Waals surface area contributed by atoms with Crippen LogP contribution in [0, 0.1) is 0 Å². The van der Waals surface area contributed by atoms with Crippen LogP contribution in [0.5, 0.6) is 0 Å². The summed E-state index contributed by atoms with van der Waals surface area (Å²) in [5.74, 6) is 0.662. The average Bonchev–Trinajstić information content (AvgIpc) is 3.43. The lowest BCUT2D eigenvalue weighted by Crippen LogP contribution is -1.96. The molecule has 4 heterocycles. The Kier molecular flexibility index (Phi) is 5.95.